The fourth-order valence-corrected chi connectivity index (χ4v) is 3.37. The molecule has 8 heteroatoms. The first-order valence-corrected chi connectivity index (χ1v) is 11.1. The van der Waals surface area contributed by atoms with Crippen LogP contribution in [0, 0.1) is 0 Å². The molecule has 0 saturated heterocycles. The molecule has 2 aromatic carbocycles. The maximum atomic E-state index is 13.3. The number of nitrogens with zero attached hydrogens (tertiary/aromatic N) is 2. The summed E-state index contributed by atoms with van der Waals surface area (Å²) in [4.78, 5) is 29.3. The first-order chi connectivity index (χ1) is 16.0. The Hall–Kier alpha value is -3.29. The second kappa shape index (κ2) is 12.7. The number of hydrogen-bond acceptors (Lipinski definition) is 4. The predicted octanol–water partition coefficient (Wildman–Crippen LogP) is 4.68. The van der Waals surface area contributed by atoms with Crippen LogP contribution in [0.25, 0.3) is 0 Å². The first kappa shape index (κ1) is 24.4. The molecular weight excluding hydrogens is 442 g/mol. The summed E-state index contributed by atoms with van der Waals surface area (Å²) >= 11 is 5.92. The molecule has 0 aliphatic heterocycles. The fourth-order valence-electron chi connectivity index (χ4n) is 3.24. The summed E-state index contributed by atoms with van der Waals surface area (Å²) in [6.45, 7) is 1.33. The van der Waals surface area contributed by atoms with Gasteiger partial charge in [0.2, 0.25) is 5.91 Å². The lowest BCUT2D eigenvalue weighted by atomic mass is 10.1. The second-order valence-electron chi connectivity index (χ2n) is 7.48. The van der Waals surface area contributed by atoms with Gasteiger partial charge in [0.05, 0.1) is 19.4 Å². The van der Waals surface area contributed by atoms with Crippen LogP contribution >= 0.6 is 11.6 Å². The van der Waals surface area contributed by atoms with Gasteiger partial charge in [-0.05, 0) is 48.4 Å². The van der Waals surface area contributed by atoms with Crippen LogP contribution in [-0.2, 0) is 22.5 Å². The lowest BCUT2D eigenvalue weighted by Gasteiger charge is -2.27. The van der Waals surface area contributed by atoms with E-state index in [4.69, 9.17) is 20.8 Å². The van der Waals surface area contributed by atoms with Crippen LogP contribution in [0.5, 0.6) is 0 Å². The number of hydrogen-bond donors (Lipinski definition) is 1. The van der Waals surface area contributed by atoms with Gasteiger partial charge in [0, 0.05) is 30.9 Å². The SMILES string of the molecule is COCCN(CC(=O)N(CCc1ccccc1)Cc1ccco1)C(=O)Nc1ccc(Cl)cc1. The highest BCUT2D eigenvalue weighted by Gasteiger charge is 2.22. The van der Waals surface area contributed by atoms with Crippen molar-refractivity contribution >= 4 is 29.2 Å². The van der Waals surface area contributed by atoms with Crippen molar-refractivity contribution in [1.29, 1.82) is 0 Å². The van der Waals surface area contributed by atoms with Gasteiger partial charge in [-0.25, -0.2) is 4.79 Å². The average Bonchev–Trinajstić information content (AvgIpc) is 3.34. The van der Waals surface area contributed by atoms with Crippen LogP contribution in [-0.4, -0.2) is 55.1 Å². The smallest absolute Gasteiger partial charge is 0.322 e. The minimum absolute atomic E-state index is 0.0850. The number of rotatable bonds is 11. The van der Waals surface area contributed by atoms with E-state index in [9.17, 15) is 9.59 Å². The number of carbonyl (C=O) groups is 2. The number of benzene rings is 2. The molecule has 33 heavy (non-hydrogen) atoms. The van der Waals surface area contributed by atoms with Crippen LogP contribution in [0.15, 0.2) is 77.4 Å². The first-order valence-electron chi connectivity index (χ1n) is 10.7. The molecule has 0 saturated carbocycles. The molecule has 0 fully saturated rings. The van der Waals surface area contributed by atoms with Gasteiger partial charge in [-0.15, -0.1) is 0 Å². The van der Waals surface area contributed by atoms with Gasteiger partial charge < -0.3 is 24.3 Å². The van der Waals surface area contributed by atoms with Crippen LogP contribution in [0.2, 0.25) is 5.02 Å². The Morgan fingerprint density at radius 2 is 1.73 bits per heavy atom. The number of carbonyl (C=O) groups excluding carboxylic acids is 2. The van der Waals surface area contributed by atoms with E-state index in [1.54, 1.807) is 48.6 Å². The number of urea groups is 1. The van der Waals surface area contributed by atoms with Gasteiger partial charge in [-0.2, -0.15) is 0 Å². The number of furan rings is 1. The van der Waals surface area contributed by atoms with E-state index >= 15 is 0 Å². The zero-order chi connectivity index (χ0) is 23.5. The van der Waals surface area contributed by atoms with Crippen molar-refractivity contribution in [3.63, 3.8) is 0 Å². The maximum absolute atomic E-state index is 13.3. The molecule has 0 radical (unpaired) electrons. The summed E-state index contributed by atoms with van der Waals surface area (Å²) in [6.07, 6.45) is 2.28. The molecule has 0 spiro atoms. The Kier molecular flexibility index (Phi) is 9.35. The third-order valence-corrected chi connectivity index (χ3v) is 5.32. The lowest BCUT2D eigenvalue weighted by Crippen LogP contribution is -2.46. The van der Waals surface area contributed by atoms with E-state index in [2.05, 4.69) is 5.32 Å². The summed E-state index contributed by atoms with van der Waals surface area (Å²) in [7, 11) is 1.56. The second-order valence-corrected chi connectivity index (χ2v) is 7.92. The van der Waals surface area contributed by atoms with Crippen LogP contribution in [0.3, 0.4) is 0 Å². The molecule has 0 unspecified atom stereocenters. The van der Waals surface area contributed by atoms with Crippen molar-refractivity contribution in [3.05, 3.63) is 89.3 Å². The third kappa shape index (κ3) is 7.97. The highest BCUT2D eigenvalue weighted by Crippen LogP contribution is 2.14. The number of methoxy groups -OCH3 is 1. The standard InChI is InChI=1S/C25H28ClN3O4/c1-32-17-15-29(25(31)27-22-11-9-21(26)10-12-22)19-24(30)28(18-23-8-5-16-33-23)14-13-20-6-3-2-4-7-20/h2-12,16H,13-15,17-19H2,1H3,(H,27,31). The highest BCUT2D eigenvalue weighted by molar-refractivity contribution is 6.30. The van der Waals surface area contributed by atoms with Gasteiger partial charge in [-0.1, -0.05) is 41.9 Å². The molecule has 0 aliphatic rings. The number of anilines is 1. The summed E-state index contributed by atoms with van der Waals surface area (Å²) in [6, 6.07) is 20.0. The summed E-state index contributed by atoms with van der Waals surface area (Å²) in [5.74, 6) is 0.509. The van der Waals surface area contributed by atoms with E-state index < -0.39 is 0 Å². The Balaban J connectivity index is 1.68. The Morgan fingerprint density at radius 1 is 0.970 bits per heavy atom. The zero-order valence-corrected chi connectivity index (χ0v) is 19.3. The number of halogens is 1. The molecule has 1 aromatic heterocycles. The highest BCUT2D eigenvalue weighted by atomic mass is 35.5. The quantitative estimate of drug-likeness (QED) is 0.442. The van der Waals surface area contributed by atoms with Gasteiger partial charge in [-0.3, -0.25) is 4.79 Å². The molecular formula is C25H28ClN3O4. The molecule has 0 bridgehead atoms. The van der Waals surface area contributed by atoms with Crippen molar-refractivity contribution in [2.75, 3.05) is 38.7 Å². The van der Waals surface area contributed by atoms with Crippen molar-refractivity contribution in [1.82, 2.24) is 9.80 Å². The normalized spacial score (nSPS) is 10.6. The van der Waals surface area contributed by atoms with E-state index in [0.717, 1.165) is 5.56 Å². The topological polar surface area (TPSA) is 75.0 Å². The van der Waals surface area contributed by atoms with E-state index in [0.29, 0.717) is 42.6 Å². The van der Waals surface area contributed by atoms with E-state index in [1.165, 1.54) is 4.90 Å². The monoisotopic (exact) mass is 469 g/mol. The Bertz CT molecular complexity index is 994. The van der Waals surface area contributed by atoms with E-state index in [-0.39, 0.29) is 25.0 Å². The Morgan fingerprint density at radius 3 is 2.39 bits per heavy atom. The molecule has 0 aliphatic carbocycles. The maximum Gasteiger partial charge on any atom is 0.322 e. The number of ether oxygens (including phenoxy) is 1. The molecule has 7 nitrogen and oxygen atoms in total. The molecule has 1 N–H and O–H groups in total. The number of amides is 3. The van der Waals surface area contributed by atoms with Crippen LogP contribution in [0.4, 0.5) is 10.5 Å². The molecule has 3 aromatic rings. The molecule has 174 valence electrons. The predicted molar refractivity (Wildman–Crippen MR) is 128 cm³/mol. The summed E-state index contributed by atoms with van der Waals surface area (Å²) < 4.78 is 10.6. The van der Waals surface area contributed by atoms with Crippen molar-refractivity contribution in [3.8, 4) is 0 Å². The molecule has 3 amide bonds. The van der Waals surface area contributed by atoms with Gasteiger partial charge in [0.15, 0.2) is 0 Å². The minimum atomic E-state index is -0.385. The molecule has 1 heterocycles. The van der Waals surface area contributed by atoms with Gasteiger partial charge in [0.25, 0.3) is 0 Å². The van der Waals surface area contributed by atoms with Gasteiger partial charge >= 0.3 is 6.03 Å². The zero-order valence-electron chi connectivity index (χ0n) is 18.6. The largest absolute Gasteiger partial charge is 0.467 e. The summed E-state index contributed by atoms with van der Waals surface area (Å²) in [5, 5.41) is 3.38. The van der Waals surface area contributed by atoms with Crippen molar-refractivity contribution in [2.24, 2.45) is 0 Å². The summed E-state index contributed by atoms with van der Waals surface area (Å²) in [5.41, 5.74) is 1.72. The Labute approximate surface area is 198 Å². The molecule has 0 atom stereocenters. The van der Waals surface area contributed by atoms with E-state index in [1.807, 2.05) is 36.4 Å². The van der Waals surface area contributed by atoms with Crippen LogP contribution in [0.1, 0.15) is 11.3 Å². The van der Waals surface area contributed by atoms with Crippen molar-refractivity contribution < 1.29 is 18.7 Å². The van der Waals surface area contributed by atoms with Gasteiger partial charge in [0.1, 0.15) is 12.3 Å². The molecule has 3 rings (SSSR count). The number of nitrogens with one attached hydrogen (secondary N) is 1. The fraction of sp³-hybridized carbons (Fsp3) is 0.280. The average molecular weight is 470 g/mol. The third-order valence-electron chi connectivity index (χ3n) is 5.07. The minimum Gasteiger partial charge on any atom is -0.467 e. The van der Waals surface area contributed by atoms with Crippen molar-refractivity contribution in [2.45, 2.75) is 13.0 Å². The lowest BCUT2D eigenvalue weighted by molar-refractivity contribution is -0.132. The van der Waals surface area contributed by atoms with Crippen LogP contribution < -0.4 is 5.32 Å².